The van der Waals surface area contributed by atoms with E-state index in [-0.39, 0.29) is 12.6 Å². The topological polar surface area (TPSA) is 64.3 Å². The lowest BCUT2D eigenvalue weighted by atomic mass is 10.1. The second-order valence-electron chi connectivity index (χ2n) is 4.34. The first kappa shape index (κ1) is 14.5. The molecule has 18 heavy (non-hydrogen) atoms. The fourth-order valence-electron chi connectivity index (χ4n) is 1.55. The van der Waals surface area contributed by atoms with E-state index in [0.29, 0.717) is 6.54 Å². The summed E-state index contributed by atoms with van der Waals surface area (Å²) in [7, 11) is 0. The van der Waals surface area contributed by atoms with Crippen molar-refractivity contribution in [2.24, 2.45) is 5.73 Å². The van der Waals surface area contributed by atoms with Gasteiger partial charge in [-0.15, -0.1) is 0 Å². The number of carbonyl (C=O) groups excluding carboxylic acids is 1. The molecule has 0 aromatic heterocycles. The number of rotatable bonds is 7. The molecule has 4 nitrogen and oxygen atoms in total. The fraction of sp³-hybridized carbons (Fsp3) is 0.500. The Morgan fingerprint density at radius 2 is 2.11 bits per heavy atom. The number of amides is 1. The SMILES string of the molecule is CCCCC(N)COC(=O)NCc1ccccc1. The van der Waals surface area contributed by atoms with Crippen molar-refractivity contribution in [3.8, 4) is 0 Å². The smallest absolute Gasteiger partial charge is 0.407 e. The van der Waals surface area contributed by atoms with Crippen LogP contribution in [-0.4, -0.2) is 18.7 Å². The van der Waals surface area contributed by atoms with Gasteiger partial charge in [0.2, 0.25) is 0 Å². The molecule has 0 bridgehead atoms. The van der Waals surface area contributed by atoms with Crippen LogP contribution < -0.4 is 11.1 Å². The van der Waals surface area contributed by atoms with Crippen LogP contribution in [0.2, 0.25) is 0 Å². The maximum Gasteiger partial charge on any atom is 0.407 e. The van der Waals surface area contributed by atoms with Gasteiger partial charge in [-0.1, -0.05) is 50.1 Å². The molecular weight excluding hydrogens is 228 g/mol. The number of ether oxygens (including phenoxy) is 1. The van der Waals surface area contributed by atoms with Crippen molar-refractivity contribution in [1.29, 1.82) is 0 Å². The van der Waals surface area contributed by atoms with Crippen molar-refractivity contribution < 1.29 is 9.53 Å². The first-order valence-electron chi connectivity index (χ1n) is 6.42. The fourth-order valence-corrected chi connectivity index (χ4v) is 1.55. The Balaban J connectivity index is 2.14. The van der Waals surface area contributed by atoms with E-state index in [1.807, 2.05) is 30.3 Å². The summed E-state index contributed by atoms with van der Waals surface area (Å²) in [6.07, 6.45) is 2.65. The zero-order valence-corrected chi connectivity index (χ0v) is 10.9. The summed E-state index contributed by atoms with van der Waals surface area (Å²) in [5, 5.41) is 2.69. The van der Waals surface area contributed by atoms with Crippen LogP contribution in [0.15, 0.2) is 30.3 Å². The lowest BCUT2D eigenvalue weighted by Crippen LogP contribution is -2.31. The minimum atomic E-state index is -0.411. The minimum absolute atomic E-state index is 0.0626. The first-order chi connectivity index (χ1) is 8.72. The molecule has 0 aliphatic heterocycles. The quantitative estimate of drug-likeness (QED) is 0.781. The Kier molecular flexibility index (Phi) is 6.87. The normalized spacial score (nSPS) is 11.9. The number of carbonyl (C=O) groups is 1. The van der Waals surface area contributed by atoms with Gasteiger partial charge in [0.1, 0.15) is 6.61 Å². The van der Waals surface area contributed by atoms with Crippen molar-refractivity contribution >= 4 is 6.09 Å². The molecule has 0 aliphatic carbocycles. The molecule has 4 heteroatoms. The van der Waals surface area contributed by atoms with Gasteiger partial charge < -0.3 is 15.8 Å². The maximum atomic E-state index is 11.4. The Labute approximate surface area is 109 Å². The third-order valence-corrected chi connectivity index (χ3v) is 2.64. The maximum absolute atomic E-state index is 11.4. The zero-order chi connectivity index (χ0) is 13.2. The minimum Gasteiger partial charge on any atom is -0.448 e. The summed E-state index contributed by atoms with van der Waals surface area (Å²) in [6, 6.07) is 9.65. The molecule has 0 fully saturated rings. The van der Waals surface area contributed by atoms with Gasteiger partial charge in [-0.3, -0.25) is 0 Å². The van der Waals surface area contributed by atoms with Crippen molar-refractivity contribution in [1.82, 2.24) is 5.32 Å². The molecule has 1 aromatic carbocycles. The molecule has 1 amide bonds. The van der Waals surface area contributed by atoms with Crippen LogP contribution >= 0.6 is 0 Å². The van der Waals surface area contributed by atoms with Crippen LogP contribution in [0.25, 0.3) is 0 Å². The highest BCUT2D eigenvalue weighted by molar-refractivity contribution is 5.67. The Bertz CT molecular complexity index is 341. The average molecular weight is 250 g/mol. The molecule has 1 aromatic rings. The summed E-state index contributed by atoms with van der Waals surface area (Å²) < 4.78 is 5.05. The van der Waals surface area contributed by atoms with Gasteiger partial charge in [0, 0.05) is 12.6 Å². The largest absolute Gasteiger partial charge is 0.448 e. The number of alkyl carbamates (subject to hydrolysis) is 1. The zero-order valence-electron chi connectivity index (χ0n) is 10.9. The van der Waals surface area contributed by atoms with E-state index in [9.17, 15) is 4.79 Å². The Morgan fingerprint density at radius 3 is 2.78 bits per heavy atom. The van der Waals surface area contributed by atoms with Crippen LogP contribution in [-0.2, 0) is 11.3 Å². The van der Waals surface area contributed by atoms with Gasteiger partial charge in [0.25, 0.3) is 0 Å². The lowest BCUT2D eigenvalue weighted by Gasteiger charge is -2.12. The Morgan fingerprint density at radius 1 is 1.39 bits per heavy atom. The number of unbranched alkanes of at least 4 members (excludes halogenated alkanes) is 1. The van der Waals surface area contributed by atoms with Gasteiger partial charge in [0.05, 0.1) is 0 Å². The van der Waals surface area contributed by atoms with E-state index < -0.39 is 6.09 Å². The van der Waals surface area contributed by atoms with E-state index in [1.165, 1.54) is 0 Å². The van der Waals surface area contributed by atoms with Crippen LogP contribution in [0.1, 0.15) is 31.7 Å². The van der Waals surface area contributed by atoms with Crippen molar-refractivity contribution in [2.75, 3.05) is 6.61 Å². The summed E-state index contributed by atoms with van der Waals surface area (Å²) in [6.45, 7) is 2.87. The van der Waals surface area contributed by atoms with Crippen LogP contribution in [0.5, 0.6) is 0 Å². The van der Waals surface area contributed by atoms with Gasteiger partial charge >= 0.3 is 6.09 Å². The van der Waals surface area contributed by atoms with E-state index in [2.05, 4.69) is 12.2 Å². The van der Waals surface area contributed by atoms with Gasteiger partial charge in [-0.2, -0.15) is 0 Å². The number of hydrogen-bond acceptors (Lipinski definition) is 3. The Hall–Kier alpha value is -1.55. The lowest BCUT2D eigenvalue weighted by molar-refractivity contribution is 0.137. The van der Waals surface area contributed by atoms with E-state index in [1.54, 1.807) is 0 Å². The molecule has 100 valence electrons. The van der Waals surface area contributed by atoms with Crippen molar-refractivity contribution in [3.05, 3.63) is 35.9 Å². The van der Waals surface area contributed by atoms with E-state index in [4.69, 9.17) is 10.5 Å². The summed E-state index contributed by atoms with van der Waals surface area (Å²) in [5.74, 6) is 0. The summed E-state index contributed by atoms with van der Waals surface area (Å²) >= 11 is 0. The molecule has 0 spiro atoms. The standard InChI is InChI=1S/C14H22N2O2/c1-2-3-9-13(15)11-18-14(17)16-10-12-7-5-4-6-8-12/h4-8,13H,2-3,9-11,15H2,1H3,(H,16,17). The van der Waals surface area contributed by atoms with E-state index >= 15 is 0 Å². The highest BCUT2D eigenvalue weighted by atomic mass is 16.5. The molecule has 0 radical (unpaired) electrons. The van der Waals surface area contributed by atoms with Crippen molar-refractivity contribution in [2.45, 2.75) is 38.8 Å². The molecule has 1 atom stereocenters. The second kappa shape index (κ2) is 8.53. The molecule has 0 aliphatic rings. The van der Waals surface area contributed by atoms with E-state index in [0.717, 1.165) is 24.8 Å². The number of benzene rings is 1. The van der Waals surface area contributed by atoms with Gasteiger partial charge in [0.15, 0.2) is 0 Å². The monoisotopic (exact) mass is 250 g/mol. The van der Waals surface area contributed by atoms with Gasteiger partial charge in [-0.25, -0.2) is 4.79 Å². The number of nitrogens with two attached hydrogens (primary N) is 1. The predicted octanol–water partition coefficient (Wildman–Crippen LogP) is 2.43. The average Bonchev–Trinajstić information content (AvgIpc) is 2.41. The first-order valence-corrected chi connectivity index (χ1v) is 6.42. The third kappa shape index (κ3) is 6.25. The number of hydrogen-bond donors (Lipinski definition) is 2. The summed E-state index contributed by atoms with van der Waals surface area (Å²) in [4.78, 5) is 11.4. The molecule has 1 rings (SSSR count). The van der Waals surface area contributed by atoms with Crippen LogP contribution in [0, 0.1) is 0 Å². The highest BCUT2D eigenvalue weighted by Crippen LogP contribution is 2.00. The highest BCUT2D eigenvalue weighted by Gasteiger charge is 2.06. The van der Waals surface area contributed by atoms with Gasteiger partial charge in [-0.05, 0) is 12.0 Å². The predicted molar refractivity (Wildman–Crippen MR) is 72.1 cm³/mol. The molecule has 1 unspecified atom stereocenters. The second-order valence-corrected chi connectivity index (χ2v) is 4.34. The molecular formula is C14H22N2O2. The summed E-state index contributed by atoms with van der Waals surface area (Å²) in [5.41, 5.74) is 6.86. The van der Waals surface area contributed by atoms with Crippen LogP contribution in [0.4, 0.5) is 4.79 Å². The number of nitrogens with one attached hydrogen (secondary N) is 1. The van der Waals surface area contributed by atoms with Crippen molar-refractivity contribution in [3.63, 3.8) is 0 Å². The molecule has 0 saturated carbocycles. The van der Waals surface area contributed by atoms with Crippen LogP contribution in [0.3, 0.4) is 0 Å². The molecule has 3 N–H and O–H groups in total. The molecule has 0 saturated heterocycles. The third-order valence-electron chi connectivity index (χ3n) is 2.64. The molecule has 0 heterocycles.